The molecule has 0 fully saturated rings. The van der Waals surface area contributed by atoms with Crippen LogP contribution in [0.15, 0.2) is 24.3 Å². The number of halogens is 7. The van der Waals surface area contributed by atoms with E-state index in [0.717, 1.165) is 0 Å². The van der Waals surface area contributed by atoms with Gasteiger partial charge in [0.05, 0.1) is 5.75 Å². The van der Waals surface area contributed by atoms with Gasteiger partial charge in [-0.1, -0.05) is 93.3 Å². The fraction of sp³-hybridized carbons (Fsp3) is 0.385. The van der Waals surface area contributed by atoms with Crippen molar-refractivity contribution in [1.82, 2.24) is 9.84 Å². The van der Waals surface area contributed by atoms with E-state index < -0.39 is 48.8 Å². The number of ether oxygens (including phenoxy) is 2. The lowest BCUT2D eigenvalue weighted by Crippen LogP contribution is -2.51. The highest BCUT2D eigenvalue weighted by Gasteiger charge is 2.34. The number of carbonyl (C=O) groups excluding carboxylic acids is 2. The first-order valence-corrected chi connectivity index (χ1v) is 11.4. The van der Waals surface area contributed by atoms with Crippen LogP contribution in [0.5, 0.6) is 0 Å². The van der Waals surface area contributed by atoms with E-state index in [1.807, 2.05) is 0 Å². The number of sulfonamides is 1. The minimum atomic E-state index is -4.53. The molecule has 0 atom stereocenters. The van der Waals surface area contributed by atoms with E-state index >= 15 is 0 Å². The van der Waals surface area contributed by atoms with Crippen molar-refractivity contribution in [2.45, 2.75) is 13.3 Å². The molecule has 1 aromatic rings. The monoisotopic (exact) mass is 568 g/mol. The fourth-order valence-corrected chi connectivity index (χ4v) is 3.24. The molecule has 1 rings (SSSR count). The maximum Gasteiger partial charge on any atom is 0.443 e. The maximum atomic E-state index is 12.6. The van der Waals surface area contributed by atoms with Gasteiger partial charge in [-0.2, -0.15) is 0 Å². The second kappa shape index (κ2) is 10.9. The third-order valence-corrected chi connectivity index (χ3v) is 5.03. The van der Waals surface area contributed by atoms with Gasteiger partial charge in [-0.15, -0.1) is 4.41 Å². The fourth-order valence-electron chi connectivity index (χ4n) is 1.55. The first-order chi connectivity index (χ1) is 13.1. The Kier molecular flexibility index (Phi) is 10.0. The van der Waals surface area contributed by atoms with Crippen LogP contribution < -0.4 is 5.43 Å². The van der Waals surface area contributed by atoms with Gasteiger partial charge in [0.25, 0.3) is 10.0 Å². The zero-order valence-electron chi connectivity index (χ0n) is 13.9. The number of alkyl halides is 6. The molecular weight excluding hydrogens is 560 g/mol. The van der Waals surface area contributed by atoms with Gasteiger partial charge >= 0.3 is 12.2 Å². The van der Waals surface area contributed by atoms with E-state index in [0.29, 0.717) is 5.02 Å². The molecule has 1 aromatic carbocycles. The molecule has 164 valence electrons. The minimum absolute atomic E-state index is 0.126. The average molecular weight is 571 g/mol. The Morgan fingerprint density at radius 1 is 0.931 bits per heavy atom. The summed E-state index contributed by atoms with van der Waals surface area (Å²) >= 11 is 38.4. The molecule has 0 bridgehead atoms. The number of carbonyl (C=O) groups is 2. The maximum absolute atomic E-state index is 12.6. The summed E-state index contributed by atoms with van der Waals surface area (Å²) in [6.45, 7) is -1.55. The number of rotatable bonds is 5. The summed E-state index contributed by atoms with van der Waals surface area (Å²) in [6.07, 6.45) is -3.00. The molecule has 0 saturated heterocycles. The van der Waals surface area contributed by atoms with Gasteiger partial charge in [0.2, 0.25) is 7.59 Å². The molecule has 8 nitrogen and oxygen atoms in total. The van der Waals surface area contributed by atoms with Crippen molar-refractivity contribution in [3.8, 4) is 0 Å². The predicted molar refractivity (Wildman–Crippen MR) is 112 cm³/mol. The molecule has 2 amide bonds. The summed E-state index contributed by atoms with van der Waals surface area (Å²) in [5.74, 6) is -0.724. The molecule has 0 aliphatic rings. The summed E-state index contributed by atoms with van der Waals surface area (Å²) in [4.78, 5) is 24.0. The molecule has 29 heavy (non-hydrogen) atoms. The second-order valence-electron chi connectivity index (χ2n) is 5.12. The number of hydrogen-bond donors (Lipinski definition) is 1. The molecule has 16 heteroatoms. The molecule has 0 aromatic heterocycles. The second-order valence-corrected chi connectivity index (χ2v) is 12.4. The lowest BCUT2D eigenvalue weighted by molar-refractivity contribution is 0.0997. The van der Waals surface area contributed by atoms with Crippen LogP contribution in [0, 0.1) is 0 Å². The van der Waals surface area contributed by atoms with Crippen LogP contribution >= 0.6 is 81.2 Å². The molecule has 0 heterocycles. The van der Waals surface area contributed by atoms with Crippen molar-refractivity contribution in [2.24, 2.45) is 0 Å². The van der Waals surface area contributed by atoms with E-state index in [4.69, 9.17) is 81.2 Å². The van der Waals surface area contributed by atoms with Gasteiger partial charge in [0.15, 0.2) is 0 Å². The third-order valence-electron chi connectivity index (χ3n) is 2.63. The summed E-state index contributed by atoms with van der Waals surface area (Å²) in [6, 6.07) is 5.65. The van der Waals surface area contributed by atoms with E-state index in [9.17, 15) is 18.0 Å². The SMILES string of the molecule is O=C(NN(C(=O)OCC(Cl)(Cl)Cl)S(=O)(=O)Cc1ccc(Cl)cc1)OCC(Cl)(Cl)Cl. The highest BCUT2D eigenvalue weighted by molar-refractivity contribution is 7.88. The van der Waals surface area contributed by atoms with E-state index in [-0.39, 0.29) is 9.98 Å². The number of nitrogens with zero attached hydrogens (tertiary/aromatic N) is 1. The number of hydrazine groups is 1. The lowest BCUT2D eigenvalue weighted by atomic mass is 10.2. The molecular formula is C13H11Cl7N2O6S. The highest BCUT2D eigenvalue weighted by atomic mass is 35.6. The Labute approximate surface area is 201 Å². The van der Waals surface area contributed by atoms with Crippen LogP contribution in [0.2, 0.25) is 5.02 Å². The summed E-state index contributed by atoms with van der Waals surface area (Å²) < 4.78 is 30.3. The van der Waals surface area contributed by atoms with Crippen LogP contribution in [0.25, 0.3) is 0 Å². The predicted octanol–water partition coefficient (Wildman–Crippen LogP) is 4.99. The van der Waals surface area contributed by atoms with Crippen molar-refractivity contribution in [3.63, 3.8) is 0 Å². The molecule has 0 unspecified atom stereocenters. The minimum Gasteiger partial charge on any atom is -0.444 e. The first-order valence-electron chi connectivity index (χ1n) is 7.10. The largest absolute Gasteiger partial charge is 0.444 e. The van der Waals surface area contributed by atoms with Gasteiger partial charge in [-0.25, -0.2) is 23.4 Å². The van der Waals surface area contributed by atoms with Gasteiger partial charge in [0, 0.05) is 5.02 Å². The topological polar surface area (TPSA) is 102 Å². The van der Waals surface area contributed by atoms with Gasteiger partial charge < -0.3 is 9.47 Å². The quantitative estimate of drug-likeness (QED) is 0.395. The van der Waals surface area contributed by atoms with Crippen LogP contribution in [-0.4, -0.2) is 45.8 Å². The molecule has 0 saturated carbocycles. The Morgan fingerprint density at radius 2 is 1.41 bits per heavy atom. The van der Waals surface area contributed by atoms with Crippen molar-refractivity contribution in [3.05, 3.63) is 34.9 Å². The third kappa shape index (κ3) is 11.1. The molecule has 0 spiro atoms. The molecule has 0 radical (unpaired) electrons. The normalized spacial score (nSPS) is 12.2. The van der Waals surface area contributed by atoms with Crippen LogP contribution in [0.3, 0.4) is 0 Å². The average Bonchev–Trinajstić information content (AvgIpc) is 2.56. The number of nitrogens with one attached hydrogen (secondary N) is 1. The number of hydrogen-bond acceptors (Lipinski definition) is 6. The Bertz CT molecular complexity index is 824. The van der Waals surface area contributed by atoms with Crippen molar-refractivity contribution < 1.29 is 27.5 Å². The van der Waals surface area contributed by atoms with Crippen LogP contribution in [0.4, 0.5) is 9.59 Å². The smallest absolute Gasteiger partial charge is 0.443 e. The Balaban J connectivity index is 3.02. The zero-order chi connectivity index (χ0) is 22.5. The van der Waals surface area contributed by atoms with Crippen LogP contribution in [-0.2, 0) is 25.2 Å². The van der Waals surface area contributed by atoms with Crippen molar-refractivity contribution in [2.75, 3.05) is 13.2 Å². The van der Waals surface area contributed by atoms with Gasteiger partial charge in [-0.3, -0.25) is 0 Å². The van der Waals surface area contributed by atoms with E-state index in [2.05, 4.69) is 9.47 Å². The highest BCUT2D eigenvalue weighted by Crippen LogP contribution is 2.27. The Morgan fingerprint density at radius 3 is 1.90 bits per heavy atom. The molecule has 1 N–H and O–H groups in total. The molecule has 0 aliphatic carbocycles. The van der Waals surface area contributed by atoms with Gasteiger partial charge in [-0.05, 0) is 17.7 Å². The van der Waals surface area contributed by atoms with E-state index in [1.54, 1.807) is 5.43 Å². The number of benzene rings is 1. The first kappa shape index (κ1) is 26.8. The van der Waals surface area contributed by atoms with Crippen LogP contribution in [0.1, 0.15) is 5.56 Å². The van der Waals surface area contributed by atoms with Crippen molar-refractivity contribution >= 4 is 103 Å². The van der Waals surface area contributed by atoms with Gasteiger partial charge in [0.1, 0.15) is 13.2 Å². The lowest BCUT2D eigenvalue weighted by Gasteiger charge is -2.23. The summed E-state index contributed by atoms with van der Waals surface area (Å²) in [5.41, 5.74) is 1.92. The van der Waals surface area contributed by atoms with Crippen molar-refractivity contribution in [1.29, 1.82) is 0 Å². The zero-order valence-corrected chi connectivity index (χ0v) is 20.0. The number of amides is 2. The summed E-state index contributed by atoms with van der Waals surface area (Å²) in [5, 5.41) is 0.360. The van der Waals surface area contributed by atoms with E-state index in [1.165, 1.54) is 24.3 Å². The standard InChI is InChI=1S/C13H11Cl7N2O6S/c14-9-3-1-8(2-4-9)5-29(25,26)22(11(24)28-7-13(18,19)20)21-10(23)27-6-12(15,16)17/h1-4H,5-7H2,(H,21,23). The Hall–Kier alpha value is -0.260. The molecule has 0 aliphatic heterocycles. The summed E-state index contributed by atoms with van der Waals surface area (Å²) in [7, 11) is -4.53.